The van der Waals surface area contributed by atoms with Crippen molar-refractivity contribution in [3.63, 3.8) is 0 Å². The molecule has 0 bridgehead atoms. The van der Waals surface area contributed by atoms with Gasteiger partial charge in [0.2, 0.25) is 23.6 Å². The van der Waals surface area contributed by atoms with E-state index in [-0.39, 0.29) is 18.4 Å². The van der Waals surface area contributed by atoms with E-state index in [0.29, 0.717) is 25.8 Å². The topological polar surface area (TPSA) is 120 Å². The van der Waals surface area contributed by atoms with Crippen LogP contribution in [0.2, 0.25) is 0 Å². The number of carbonyl (C=O) groups is 4. The van der Waals surface area contributed by atoms with Gasteiger partial charge in [-0.15, -0.1) is 0 Å². The van der Waals surface area contributed by atoms with E-state index in [1.165, 1.54) is 4.90 Å². The van der Waals surface area contributed by atoms with Crippen LogP contribution in [-0.4, -0.2) is 78.8 Å². The number of hydrogen-bond donors (Lipinski definition) is 3. The first-order valence-corrected chi connectivity index (χ1v) is 14.7. The molecule has 1 aliphatic heterocycles. The SMILES string of the molecule is CN[C@@H](C)C(=O)N[C@H](C(=O)NCC(=O)N1C=CN(CCc2ccccc2)C(=O)[C@@H]1CCc1ccc(OC)cc1)C(C)(C)C. The molecule has 0 radical (unpaired) electrons. The first kappa shape index (κ1) is 33.3. The molecule has 4 amide bonds. The third-order valence-electron chi connectivity index (χ3n) is 7.60. The van der Waals surface area contributed by atoms with Crippen LogP contribution < -0.4 is 20.7 Å². The summed E-state index contributed by atoms with van der Waals surface area (Å²) in [6, 6.07) is 15.5. The van der Waals surface area contributed by atoms with Crippen LogP contribution in [0.3, 0.4) is 0 Å². The second-order valence-electron chi connectivity index (χ2n) is 11.8. The van der Waals surface area contributed by atoms with E-state index in [4.69, 9.17) is 4.74 Å². The summed E-state index contributed by atoms with van der Waals surface area (Å²) in [7, 11) is 3.27. The van der Waals surface area contributed by atoms with E-state index in [2.05, 4.69) is 16.0 Å². The molecule has 1 heterocycles. The molecule has 0 fully saturated rings. The second kappa shape index (κ2) is 15.3. The van der Waals surface area contributed by atoms with Crippen LogP contribution in [0.25, 0.3) is 0 Å². The maximum atomic E-state index is 13.7. The number of amides is 4. The predicted octanol–water partition coefficient (Wildman–Crippen LogP) is 2.64. The predicted molar refractivity (Wildman–Crippen MR) is 166 cm³/mol. The smallest absolute Gasteiger partial charge is 0.249 e. The summed E-state index contributed by atoms with van der Waals surface area (Å²) in [6.07, 6.45) is 4.90. The molecule has 3 atom stereocenters. The molecule has 232 valence electrons. The highest BCUT2D eigenvalue weighted by Crippen LogP contribution is 2.22. The van der Waals surface area contributed by atoms with Gasteiger partial charge < -0.3 is 30.5 Å². The summed E-state index contributed by atoms with van der Waals surface area (Å²) in [5.41, 5.74) is 1.53. The van der Waals surface area contributed by atoms with Crippen LogP contribution in [0.1, 0.15) is 45.2 Å². The molecule has 3 rings (SSSR count). The van der Waals surface area contributed by atoms with Gasteiger partial charge in [-0.05, 0) is 61.9 Å². The van der Waals surface area contributed by atoms with Crippen molar-refractivity contribution < 1.29 is 23.9 Å². The number of rotatable bonds is 13. The van der Waals surface area contributed by atoms with Crippen molar-refractivity contribution >= 4 is 23.6 Å². The van der Waals surface area contributed by atoms with E-state index in [0.717, 1.165) is 16.9 Å². The van der Waals surface area contributed by atoms with Crippen molar-refractivity contribution in [3.05, 3.63) is 78.1 Å². The Kier molecular flexibility index (Phi) is 11.9. The van der Waals surface area contributed by atoms with Crippen molar-refractivity contribution in [2.75, 3.05) is 27.2 Å². The minimum atomic E-state index is -0.860. The van der Waals surface area contributed by atoms with Crippen molar-refractivity contribution in [1.82, 2.24) is 25.8 Å². The Labute approximate surface area is 254 Å². The van der Waals surface area contributed by atoms with Crippen LogP contribution >= 0.6 is 0 Å². The fraction of sp³-hybridized carbons (Fsp3) is 0.455. The molecule has 10 heteroatoms. The van der Waals surface area contributed by atoms with E-state index in [1.54, 1.807) is 38.4 Å². The summed E-state index contributed by atoms with van der Waals surface area (Å²) >= 11 is 0. The monoisotopic (exact) mass is 591 g/mol. The zero-order valence-electron chi connectivity index (χ0n) is 26.1. The van der Waals surface area contributed by atoms with Gasteiger partial charge in [-0.1, -0.05) is 63.2 Å². The van der Waals surface area contributed by atoms with Gasteiger partial charge in [-0.2, -0.15) is 0 Å². The minimum absolute atomic E-state index is 0.174. The van der Waals surface area contributed by atoms with Crippen LogP contribution in [0, 0.1) is 5.41 Å². The molecule has 1 aliphatic rings. The number of likely N-dealkylation sites (N-methyl/N-ethyl adjacent to an activating group) is 1. The molecule has 0 aliphatic carbocycles. The maximum absolute atomic E-state index is 13.7. The lowest BCUT2D eigenvalue weighted by Crippen LogP contribution is -2.58. The number of benzene rings is 2. The van der Waals surface area contributed by atoms with Crippen LogP contribution in [0.15, 0.2) is 67.0 Å². The number of hydrogen-bond acceptors (Lipinski definition) is 6. The quantitative estimate of drug-likeness (QED) is 0.330. The molecular formula is C33H45N5O5. The number of ether oxygens (including phenoxy) is 1. The van der Waals surface area contributed by atoms with Crippen LogP contribution in [0.5, 0.6) is 5.75 Å². The first-order valence-electron chi connectivity index (χ1n) is 14.7. The van der Waals surface area contributed by atoms with Crippen molar-refractivity contribution in [3.8, 4) is 5.75 Å². The average molecular weight is 592 g/mol. The first-order chi connectivity index (χ1) is 20.4. The number of nitrogens with one attached hydrogen (secondary N) is 3. The molecule has 0 aromatic heterocycles. The van der Waals surface area contributed by atoms with Gasteiger partial charge in [0.05, 0.1) is 19.7 Å². The van der Waals surface area contributed by atoms with Gasteiger partial charge in [-0.3, -0.25) is 19.2 Å². The van der Waals surface area contributed by atoms with Gasteiger partial charge in [0.25, 0.3) is 0 Å². The Balaban J connectivity index is 1.73. The summed E-state index contributed by atoms with van der Waals surface area (Å²) in [5.74, 6) is -0.632. The summed E-state index contributed by atoms with van der Waals surface area (Å²) < 4.78 is 5.25. The number of nitrogens with zero attached hydrogens (tertiary/aromatic N) is 2. The highest BCUT2D eigenvalue weighted by Gasteiger charge is 2.36. The van der Waals surface area contributed by atoms with Crippen molar-refractivity contribution in [2.24, 2.45) is 5.41 Å². The van der Waals surface area contributed by atoms with Gasteiger partial charge in [0.15, 0.2) is 0 Å². The third kappa shape index (κ3) is 9.41. The lowest BCUT2D eigenvalue weighted by molar-refractivity contribution is -0.144. The molecule has 2 aromatic carbocycles. The fourth-order valence-electron chi connectivity index (χ4n) is 4.76. The molecule has 0 saturated carbocycles. The van der Waals surface area contributed by atoms with E-state index >= 15 is 0 Å². The molecule has 2 aromatic rings. The minimum Gasteiger partial charge on any atom is -0.497 e. The summed E-state index contributed by atoms with van der Waals surface area (Å²) in [5, 5.41) is 8.33. The molecule has 0 spiro atoms. The van der Waals surface area contributed by atoms with E-state index in [1.807, 2.05) is 75.4 Å². The molecular weight excluding hydrogens is 546 g/mol. The van der Waals surface area contributed by atoms with Crippen LogP contribution in [-0.2, 0) is 32.0 Å². The molecule has 0 saturated heterocycles. The summed E-state index contributed by atoms with van der Waals surface area (Å²) in [4.78, 5) is 55.9. The number of aryl methyl sites for hydroxylation is 1. The van der Waals surface area contributed by atoms with Crippen molar-refractivity contribution in [1.29, 1.82) is 0 Å². The lowest BCUT2D eigenvalue weighted by Gasteiger charge is -2.36. The standard InChI is InChI=1S/C33H45N5O5/c1-23(34-5)30(40)36-29(33(2,3)4)31(41)35-22-28(39)38-21-20-37(19-18-24-10-8-7-9-11-24)32(42)27(38)17-14-25-12-15-26(43-6)16-13-25/h7-13,15-16,20-21,23,27,29,34H,14,17-19,22H2,1-6H3,(H,35,41)(H,36,40)/t23-,27-,29+/m0/s1. The number of methoxy groups -OCH3 is 1. The van der Waals surface area contributed by atoms with Crippen molar-refractivity contribution in [2.45, 2.75) is 65.1 Å². The highest BCUT2D eigenvalue weighted by molar-refractivity contribution is 5.94. The van der Waals surface area contributed by atoms with Gasteiger partial charge in [0, 0.05) is 18.9 Å². The van der Waals surface area contributed by atoms with Gasteiger partial charge >= 0.3 is 0 Å². The van der Waals surface area contributed by atoms with Gasteiger partial charge in [0.1, 0.15) is 17.8 Å². The van der Waals surface area contributed by atoms with E-state index in [9.17, 15) is 19.2 Å². The molecule has 43 heavy (non-hydrogen) atoms. The zero-order valence-corrected chi connectivity index (χ0v) is 26.1. The zero-order chi connectivity index (χ0) is 31.6. The molecule has 0 unspecified atom stereocenters. The second-order valence-corrected chi connectivity index (χ2v) is 11.8. The maximum Gasteiger partial charge on any atom is 0.249 e. The Morgan fingerprint density at radius 3 is 2.19 bits per heavy atom. The molecule has 10 nitrogen and oxygen atoms in total. The summed E-state index contributed by atoms with van der Waals surface area (Å²) in [6.45, 7) is 7.39. The van der Waals surface area contributed by atoms with Gasteiger partial charge in [-0.25, -0.2) is 0 Å². The third-order valence-corrected chi connectivity index (χ3v) is 7.60. The van der Waals surface area contributed by atoms with E-state index < -0.39 is 35.4 Å². The average Bonchev–Trinajstić information content (AvgIpc) is 3.00. The number of carbonyl (C=O) groups excluding carboxylic acids is 4. The Hall–Kier alpha value is -4.18. The van der Waals surface area contributed by atoms with Crippen LogP contribution in [0.4, 0.5) is 0 Å². The normalized spacial score (nSPS) is 16.4. The fourth-order valence-corrected chi connectivity index (χ4v) is 4.76. The highest BCUT2D eigenvalue weighted by atomic mass is 16.5. The molecule has 3 N–H and O–H groups in total. The largest absolute Gasteiger partial charge is 0.497 e. The Bertz CT molecular complexity index is 1270. The Morgan fingerprint density at radius 1 is 0.930 bits per heavy atom. The Morgan fingerprint density at radius 2 is 1.58 bits per heavy atom. The lowest BCUT2D eigenvalue weighted by atomic mass is 9.86.